The number of nitrogen functional groups attached to an aromatic ring is 4. The Bertz CT molecular complexity index is 2510. The number of carbonyl (C=O) groups is 3. The van der Waals surface area contributed by atoms with E-state index in [0.717, 1.165) is 46.1 Å². The van der Waals surface area contributed by atoms with Crippen LogP contribution in [-0.2, 0) is 29.0 Å². The van der Waals surface area contributed by atoms with Crippen molar-refractivity contribution in [2.45, 2.75) is 45.6 Å². The fourth-order valence-electron chi connectivity index (χ4n) is 6.48. The highest BCUT2D eigenvalue weighted by Crippen LogP contribution is 2.38. The lowest BCUT2D eigenvalue weighted by Crippen LogP contribution is -2.20. The van der Waals surface area contributed by atoms with Crippen LogP contribution >= 0.6 is 0 Å². The lowest BCUT2D eigenvalue weighted by atomic mass is 9.94. The van der Waals surface area contributed by atoms with Crippen LogP contribution in [0.2, 0.25) is 0 Å². The summed E-state index contributed by atoms with van der Waals surface area (Å²) in [4.78, 5) is 61.3. The van der Waals surface area contributed by atoms with Gasteiger partial charge in [0, 0.05) is 36.5 Å². The maximum Gasteiger partial charge on any atom is 0.306 e. The number of Topliss-reactive ketones (excluding diaryl/α,β-unsaturated/α-hetero) is 1. The van der Waals surface area contributed by atoms with Gasteiger partial charge in [-0.3, -0.25) is 14.4 Å². The molecule has 0 aliphatic carbocycles. The van der Waals surface area contributed by atoms with Gasteiger partial charge in [0.15, 0.2) is 34.3 Å². The summed E-state index contributed by atoms with van der Waals surface area (Å²) in [6.45, 7) is 2.38. The van der Waals surface area contributed by atoms with E-state index in [1.165, 1.54) is 0 Å². The predicted molar refractivity (Wildman–Crippen MR) is 226 cm³/mol. The minimum atomic E-state index is -1.19. The molecule has 0 amide bonds. The van der Waals surface area contributed by atoms with Crippen molar-refractivity contribution in [2.75, 3.05) is 56.2 Å². The molecule has 0 bridgehead atoms. The van der Waals surface area contributed by atoms with Gasteiger partial charge in [0.2, 0.25) is 17.6 Å². The molecule has 6 aromatic rings. The minimum absolute atomic E-state index is 0.0189. The van der Waals surface area contributed by atoms with E-state index in [1.807, 2.05) is 37.1 Å². The molecule has 3 aromatic carbocycles. The Balaban J connectivity index is 0.000000232. The SMILES string of the molecule is CN(Cc1cnc2nc(N)nc(N)c2n1)c1ccc(C(=O)C[C@H](CCC(=O)O)C(=O)O)cc1.COc1cc(CCc2cc(C)c3nc(N)nc(N)c3c2)cc(OC)c1OC. The average Bonchev–Trinajstić information content (AvgIpc) is 3.21. The number of nitrogens with two attached hydrogens (primary N) is 4. The third-order valence-electron chi connectivity index (χ3n) is 9.54. The minimum Gasteiger partial charge on any atom is -0.493 e. The number of aromatic nitrogens is 6. The number of aryl methyl sites for hydroxylation is 3. The molecular formula is C41H47N11O8. The number of rotatable bonds is 16. The van der Waals surface area contributed by atoms with Gasteiger partial charge in [-0.25, -0.2) is 15.0 Å². The highest BCUT2D eigenvalue weighted by Gasteiger charge is 2.23. The van der Waals surface area contributed by atoms with Crippen molar-refractivity contribution in [2.24, 2.45) is 5.92 Å². The van der Waals surface area contributed by atoms with Gasteiger partial charge in [-0.2, -0.15) is 15.0 Å². The number of hydrogen-bond donors (Lipinski definition) is 6. The molecule has 0 fully saturated rings. The Kier molecular flexibility index (Phi) is 14.0. The van der Waals surface area contributed by atoms with Gasteiger partial charge >= 0.3 is 11.9 Å². The molecule has 60 heavy (non-hydrogen) atoms. The molecule has 0 radical (unpaired) electrons. The molecule has 0 saturated heterocycles. The van der Waals surface area contributed by atoms with Crippen molar-refractivity contribution in [1.29, 1.82) is 0 Å². The Hall–Kier alpha value is -7.57. The van der Waals surface area contributed by atoms with Crippen molar-refractivity contribution in [3.63, 3.8) is 0 Å². The molecular weight excluding hydrogens is 775 g/mol. The molecule has 0 aliphatic heterocycles. The number of ketones is 1. The van der Waals surface area contributed by atoms with Crippen LogP contribution in [0, 0.1) is 12.8 Å². The quantitative estimate of drug-likeness (QED) is 0.0742. The van der Waals surface area contributed by atoms with Gasteiger partial charge in [-0.05, 0) is 85.3 Å². The van der Waals surface area contributed by atoms with Crippen LogP contribution in [0.25, 0.3) is 22.1 Å². The highest BCUT2D eigenvalue weighted by atomic mass is 16.5. The summed E-state index contributed by atoms with van der Waals surface area (Å²) in [5.41, 5.74) is 29.6. The molecule has 314 valence electrons. The van der Waals surface area contributed by atoms with Gasteiger partial charge in [-0.15, -0.1) is 0 Å². The zero-order chi connectivity index (χ0) is 43.7. The Morgan fingerprint density at radius 1 is 0.767 bits per heavy atom. The first-order valence-electron chi connectivity index (χ1n) is 18.5. The van der Waals surface area contributed by atoms with Gasteiger partial charge in [0.05, 0.1) is 51.2 Å². The summed E-state index contributed by atoms with van der Waals surface area (Å²) >= 11 is 0. The first-order chi connectivity index (χ1) is 28.6. The average molecular weight is 822 g/mol. The van der Waals surface area contributed by atoms with E-state index in [4.69, 9.17) is 42.3 Å². The van der Waals surface area contributed by atoms with E-state index in [0.29, 0.717) is 52.0 Å². The van der Waals surface area contributed by atoms with E-state index in [2.05, 4.69) is 36.0 Å². The summed E-state index contributed by atoms with van der Waals surface area (Å²) in [6, 6.07) is 14.7. The van der Waals surface area contributed by atoms with Gasteiger partial charge < -0.3 is 52.3 Å². The van der Waals surface area contributed by atoms with Gasteiger partial charge in [0.1, 0.15) is 5.82 Å². The fourth-order valence-corrected chi connectivity index (χ4v) is 6.48. The van der Waals surface area contributed by atoms with Crippen LogP contribution < -0.4 is 42.0 Å². The molecule has 6 rings (SSSR count). The van der Waals surface area contributed by atoms with Crippen LogP contribution in [-0.4, -0.2) is 86.2 Å². The zero-order valence-electron chi connectivity index (χ0n) is 33.8. The number of methoxy groups -OCH3 is 3. The third kappa shape index (κ3) is 10.7. The van der Waals surface area contributed by atoms with Crippen molar-refractivity contribution >= 4 is 69.0 Å². The Morgan fingerprint density at radius 3 is 1.98 bits per heavy atom. The first kappa shape index (κ1) is 43.6. The highest BCUT2D eigenvalue weighted by molar-refractivity contribution is 5.98. The number of anilines is 5. The number of aliphatic carboxylic acids is 2. The molecule has 19 heteroatoms. The molecule has 3 heterocycles. The van der Waals surface area contributed by atoms with E-state index in [-0.39, 0.29) is 42.8 Å². The van der Waals surface area contributed by atoms with Crippen molar-refractivity contribution in [1.82, 2.24) is 29.9 Å². The fraction of sp³-hybridized carbons (Fsp3) is 0.293. The second kappa shape index (κ2) is 19.2. The lowest BCUT2D eigenvalue weighted by molar-refractivity contribution is -0.142. The number of carboxylic acids is 2. The van der Waals surface area contributed by atoms with E-state index in [9.17, 15) is 19.5 Å². The molecule has 0 saturated carbocycles. The standard InChI is InChI=1S/C21H23N7O5.C20H24N4O3/c1-28(10-13-9-24-19-17(25-13)18(22)26-21(23)27-19)14-5-2-11(3-6-14)15(29)8-12(20(32)33)4-7-16(30)31;1-11-7-12(8-14-17(11)23-20(22)24-19(14)21)5-6-13-9-15(25-2)18(27-4)16(10-13)26-3/h2-3,5-6,9,12H,4,7-8,10H2,1H3,(H,30,31)(H,32,33)(H4,22,23,24,26,27);7-10H,5-6H2,1-4H3,(H4,21,22,23,24)/t12-;/m0./s1. The van der Waals surface area contributed by atoms with Crippen LogP contribution in [0.5, 0.6) is 17.2 Å². The summed E-state index contributed by atoms with van der Waals surface area (Å²) in [6.07, 6.45) is 2.50. The predicted octanol–water partition coefficient (Wildman–Crippen LogP) is 4.27. The second-order valence-corrected chi connectivity index (χ2v) is 13.8. The van der Waals surface area contributed by atoms with Crippen LogP contribution in [0.4, 0.5) is 29.2 Å². The molecule has 0 spiro atoms. The Labute approximate surface area is 344 Å². The zero-order valence-corrected chi connectivity index (χ0v) is 33.8. The van der Waals surface area contributed by atoms with Crippen molar-refractivity contribution < 1.29 is 38.8 Å². The molecule has 19 nitrogen and oxygen atoms in total. The Morgan fingerprint density at radius 2 is 1.38 bits per heavy atom. The van der Waals surface area contributed by atoms with Crippen LogP contribution in [0.15, 0.2) is 54.7 Å². The summed E-state index contributed by atoms with van der Waals surface area (Å²) in [5.74, 6) is -1.07. The second-order valence-electron chi connectivity index (χ2n) is 13.8. The number of carbonyl (C=O) groups excluding carboxylic acids is 1. The molecule has 10 N–H and O–H groups in total. The van der Waals surface area contributed by atoms with Crippen molar-refractivity contribution in [3.8, 4) is 17.2 Å². The topological polar surface area (TPSA) is 304 Å². The summed E-state index contributed by atoms with van der Waals surface area (Å²) in [5, 5.41) is 18.8. The maximum atomic E-state index is 12.5. The lowest BCUT2D eigenvalue weighted by Gasteiger charge is -2.19. The maximum absolute atomic E-state index is 12.5. The van der Waals surface area contributed by atoms with Gasteiger partial charge in [0.25, 0.3) is 0 Å². The third-order valence-corrected chi connectivity index (χ3v) is 9.54. The first-order valence-corrected chi connectivity index (χ1v) is 18.5. The number of nitrogens with zero attached hydrogens (tertiary/aromatic N) is 7. The van der Waals surface area contributed by atoms with Crippen molar-refractivity contribution in [3.05, 3.63) is 82.7 Å². The summed E-state index contributed by atoms with van der Waals surface area (Å²) in [7, 11) is 6.65. The molecule has 3 aromatic heterocycles. The number of benzene rings is 3. The van der Waals surface area contributed by atoms with E-state index >= 15 is 0 Å². The smallest absolute Gasteiger partial charge is 0.306 e. The van der Waals surface area contributed by atoms with Crippen LogP contribution in [0.3, 0.4) is 0 Å². The number of hydrogen-bond acceptors (Lipinski definition) is 17. The molecule has 1 atom stereocenters. The van der Waals surface area contributed by atoms with Crippen LogP contribution in [0.1, 0.15) is 52.0 Å². The van der Waals surface area contributed by atoms with E-state index in [1.54, 1.807) is 51.8 Å². The normalized spacial score (nSPS) is 11.3. The monoisotopic (exact) mass is 821 g/mol. The number of ether oxygens (including phenoxy) is 3. The summed E-state index contributed by atoms with van der Waals surface area (Å²) < 4.78 is 16.2. The number of fused-ring (bicyclic) bond motifs is 2. The molecule has 0 aliphatic rings. The largest absolute Gasteiger partial charge is 0.493 e. The van der Waals surface area contributed by atoms with E-state index < -0.39 is 17.9 Å². The molecule has 0 unspecified atom stereocenters. The van der Waals surface area contributed by atoms with Gasteiger partial charge in [-0.1, -0.05) is 6.07 Å². The number of carboxylic acid groups (broad SMARTS) is 2.